The molecule has 1 saturated carbocycles. The lowest BCUT2D eigenvalue weighted by atomic mass is 9.79. The zero-order chi connectivity index (χ0) is 31.2. The molecule has 43 heavy (non-hydrogen) atoms. The molecule has 12 heteroatoms. The van der Waals surface area contributed by atoms with Crippen LogP contribution in [0.1, 0.15) is 52.9 Å². The molecule has 2 heterocycles. The summed E-state index contributed by atoms with van der Waals surface area (Å²) >= 11 is 0. The summed E-state index contributed by atoms with van der Waals surface area (Å²) in [5, 5.41) is 17.2. The highest BCUT2D eigenvalue weighted by molar-refractivity contribution is 5.96. The average molecular weight is 602 g/mol. The van der Waals surface area contributed by atoms with Crippen LogP contribution in [0.2, 0.25) is 0 Å². The van der Waals surface area contributed by atoms with Gasteiger partial charge in [0.15, 0.2) is 0 Å². The van der Waals surface area contributed by atoms with Crippen LogP contribution in [0.3, 0.4) is 0 Å². The molecule has 2 aliphatic rings. The fraction of sp³-hybridized carbons (Fsp3) is 0.452. The number of aliphatic hydroxyl groups is 1. The molecule has 232 valence electrons. The quantitative estimate of drug-likeness (QED) is 0.382. The van der Waals surface area contributed by atoms with Crippen LogP contribution >= 0.6 is 0 Å². The topological polar surface area (TPSA) is 107 Å². The van der Waals surface area contributed by atoms with Gasteiger partial charge in [0.05, 0.1) is 24.4 Å². The van der Waals surface area contributed by atoms with Crippen LogP contribution in [0.5, 0.6) is 0 Å². The summed E-state index contributed by atoms with van der Waals surface area (Å²) in [6, 6.07) is 8.07. The van der Waals surface area contributed by atoms with E-state index in [0.717, 1.165) is 48.8 Å². The summed E-state index contributed by atoms with van der Waals surface area (Å²) in [7, 11) is 5.49. The van der Waals surface area contributed by atoms with Crippen molar-refractivity contribution in [2.45, 2.75) is 50.0 Å². The van der Waals surface area contributed by atoms with Gasteiger partial charge in [0.25, 0.3) is 5.91 Å². The van der Waals surface area contributed by atoms with Crippen LogP contribution in [-0.2, 0) is 27.9 Å². The Balaban J connectivity index is 1.31. The minimum Gasteiger partial charge on any atom is -0.384 e. The number of benzene rings is 1. The number of aromatic nitrogens is 1. The van der Waals surface area contributed by atoms with E-state index in [4.69, 9.17) is 4.74 Å². The highest BCUT2D eigenvalue weighted by Crippen LogP contribution is 2.36. The monoisotopic (exact) mass is 601 g/mol. The highest BCUT2D eigenvalue weighted by Gasteiger charge is 2.36. The molecule has 1 aliphatic heterocycles. The van der Waals surface area contributed by atoms with E-state index in [-0.39, 0.29) is 24.8 Å². The van der Waals surface area contributed by atoms with Gasteiger partial charge in [-0.3, -0.25) is 14.6 Å². The van der Waals surface area contributed by atoms with E-state index in [1.807, 2.05) is 44.6 Å². The zero-order valence-corrected chi connectivity index (χ0v) is 24.6. The maximum Gasteiger partial charge on any atom is 0.416 e. The van der Waals surface area contributed by atoms with Crippen molar-refractivity contribution in [2.24, 2.45) is 0 Å². The number of halogens is 3. The lowest BCUT2D eigenvalue weighted by Gasteiger charge is -2.37. The Morgan fingerprint density at radius 2 is 1.93 bits per heavy atom. The van der Waals surface area contributed by atoms with Gasteiger partial charge in [0.2, 0.25) is 5.91 Å². The van der Waals surface area contributed by atoms with Gasteiger partial charge >= 0.3 is 6.18 Å². The van der Waals surface area contributed by atoms with Gasteiger partial charge in [-0.1, -0.05) is 12.1 Å². The third-order valence-corrected chi connectivity index (χ3v) is 7.59. The number of alkyl halides is 3. The first-order chi connectivity index (χ1) is 20.4. The van der Waals surface area contributed by atoms with Crippen molar-refractivity contribution in [1.82, 2.24) is 25.4 Å². The van der Waals surface area contributed by atoms with Crippen molar-refractivity contribution in [3.63, 3.8) is 0 Å². The number of carbonyl (C=O) groups excluding carboxylic acids is 2. The van der Waals surface area contributed by atoms with Crippen molar-refractivity contribution in [3.8, 4) is 0 Å². The lowest BCUT2D eigenvalue weighted by molar-refractivity contribution is -0.137. The summed E-state index contributed by atoms with van der Waals surface area (Å²) in [5.41, 5.74) is 1.08. The number of allylic oxidation sites excluding steroid dienone is 1. The second kappa shape index (κ2) is 13.7. The molecule has 0 saturated heterocycles. The van der Waals surface area contributed by atoms with Crippen LogP contribution in [0.25, 0.3) is 0 Å². The summed E-state index contributed by atoms with van der Waals surface area (Å²) < 4.78 is 44.3. The van der Waals surface area contributed by atoms with Crippen molar-refractivity contribution in [2.75, 3.05) is 40.9 Å². The Kier molecular flexibility index (Phi) is 10.3. The van der Waals surface area contributed by atoms with Gasteiger partial charge in [-0.2, -0.15) is 13.2 Å². The second-order valence-electron chi connectivity index (χ2n) is 11.2. The Hall–Kier alpha value is -3.74. The third-order valence-electron chi connectivity index (χ3n) is 7.59. The smallest absolute Gasteiger partial charge is 0.384 e. The molecule has 0 spiro atoms. The normalized spacial score (nSPS) is 20.8. The predicted molar refractivity (Wildman–Crippen MR) is 154 cm³/mol. The van der Waals surface area contributed by atoms with Crippen molar-refractivity contribution in [3.05, 3.63) is 88.5 Å². The average Bonchev–Trinajstić information content (AvgIpc) is 2.97. The van der Waals surface area contributed by atoms with Gasteiger partial charge in [0, 0.05) is 49.4 Å². The van der Waals surface area contributed by atoms with Crippen LogP contribution in [-0.4, -0.2) is 78.6 Å². The highest BCUT2D eigenvalue weighted by atomic mass is 19.4. The number of amides is 2. The van der Waals surface area contributed by atoms with Crippen molar-refractivity contribution < 1.29 is 32.6 Å². The van der Waals surface area contributed by atoms with Crippen LogP contribution in [0.4, 0.5) is 13.2 Å². The van der Waals surface area contributed by atoms with Gasteiger partial charge in [0.1, 0.15) is 5.60 Å². The molecule has 0 radical (unpaired) electrons. The van der Waals surface area contributed by atoms with E-state index in [2.05, 4.69) is 20.5 Å². The summed E-state index contributed by atoms with van der Waals surface area (Å²) in [5.74, 6) is -1.20. The molecule has 1 aromatic carbocycles. The lowest BCUT2D eigenvalue weighted by Crippen LogP contribution is -2.43. The minimum atomic E-state index is -4.58. The first-order valence-electron chi connectivity index (χ1n) is 14.1. The maximum atomic E-state index is 13.0. The number of hydrogen-bond acceptors (Lipinski definition) is 7. The standard InChI is InChI=1S/C31H38F3N5O4/c1-38(2)19-21-7-8-27(35-17-21)30(42)12-9-24(10-13-30)37-25-11-14-39(26(16-25)20-43-3)28(40)18-36-29(41)22-5-4-6-23(15-22)31(32,33)34/h4-8,11,15-17,24,37,42H,9-10,12-14,18-20H2,1-3H3,(H,36,41). The van der Waals surface area contributed by atoms with E-state index in [1.54, 1.807) is 0 Å². The molecule has 2 amide bonds. The first kappa shape index (κ1) is 32.2. The fourth-order valence-electron chi connectivity index (χ4n) is 5.33. The summed E-state index contributed by atoms with van der Waals surface area (Å²) in [6.45, 7) is 0.767. The van der Waals surface area contributed by atoms with Crippen LogP contribution < -0.4 is 10.6 Å². The van der Waals surface area contributed by atoms with E-state index < -0.39 is 35.7 Å². The summed E-state index contributed by atoms with van der Waals surface area (Å²) in [4.78, 5) is 33.5. The Morgan fingerprint density at radius 3 is 2.56 bits per heavy atom. The predicted octanol–water partition coefficient (Wildman–Crippen LogP) is 3.57. The Bertz CT molecular complexity index is 1350. The van der Waals surface area contributed by atoms with Crippen LogP contribution in [0, 0.1) is 0 Å². The number of rotatable bonds is 10. The van der Waals surface area contributed by atoms with Crippen molar-refractivity contribution in [1.29, 1.82) is 0 Å². The molecular weight excluding hydrogens is 563 g/mol. The third kappa shape index (κ3) is 8.43. The number of methoxy groups -OCH3 is 1. The molecule has 0 atom stereocenters. The van der Waals surface area contributed by atoms with E-state index in [0.29, 0.717) is 24.2 Å². The molecule has 1 aliphatic carbocycles. The van der Waals surface area contributed by atoms with E-state index in [1.165, 1.54) is 18.1 Å². The molecule has 1 aromatic heterocycles. The SMILES string of the molecule is COCC1=CC(NC2CCC(O)(c3ccc(CN(C)C)cn3)CC2)=CCN1C(=O)CNC(=O)c1cccc(C(F)(F)F)c1. The molecule has 0 bridgehead atoms. The van der Waals surface area contributed by atoms with Crippen LogP contribution in [0.15, 0.2) is 66.1 Å². The molecule has 0 unspecified atom stereocenters. The molecule has 9 nitrogen and oxygen atoms in total. The van der Waals surface area contributed by atoms with Crippen molar-refractivity contribution >= 4 is 11.8 Å². The Labute approximate surface area is 249 Å². The molecule has 3 N–H and O–H groups in total. The van der Waals surface area contributed by atoms with Gasteiger partial charge in [-0.05, 0) is 81.8 Å². The molecule has 2 aromatic rings. The summed E-state index contributed by atoms with van der Waals surface area (Å²) in [6.07, 6.45) is 3.48. The number of ether oxygens (including phenoxy) is 1. The second-order valence-corrected chi connectivity index (χ2v) is 11.2. The number of nitrogens with one attached hydrogen (secondary N) is 2. The zero-order valence-electron chi connectivity index (χ0n) is 24.6. The Morgan fingerprint density at radius 1 is 1.19 bits per heavy atom. The van der Waals surface area contributed by atoms with E-state index in [9.17, 15) is 27.9 Å². The number of hydrogen-bond donors (Lipinski definition) is 3. The number of nitrogens with zero attached hydrogens (tertiary/aromatic N) is 3. The number of carbonyl (C=O) groups is 2. The number of pyridine rings is 1. The first-order valence-corrected chi connectivity index (χ1v) is 14.1. The minimum absolute atomic E-state index is 0.119. The van der Waals surface area contributed by atoms with Gasteiger partial charge < -0.3 is 30.3 Å². The molecule has 4 rings (SSSR count). The van der Waals surface area contributed by atoms with Gasteiger partial charge in [-0.15, -0.1) is 0 Å². The fourth-order valence-corrected chi connectivity index (χ4v) is 5.33. The van der Waals surface area contributed by atoms with Gasteiger partial charge in [-0.25, -0.2) is 0 Å². The maximum absolute atomic E-state index is 13.0. The molecular formula is C31H38F3N5O4. The molecule has 1 fully saturated rings. The largest absolute Gasteiger partial charge is 0.416 e. The van der Waals surface area contributed by atoms with E-state index >= 15 is 0 Å².